The molecule has 0 unspecified atom stereocenters. The molecule has 1 atom stereocenters. The Hall–Kier alpha value is -1.43. The molecule has 0 saturated carbocycles. The lowest BCUT2D eigenvalue weighted by Crippen LogP contribution is -2.27. The van der Waals surface area contributed by atoms with E-state index in [1.54, 1.807) is 30.0 Å². The molecular formula is C18H15BrClNO2S. The molecule has 0 bridgehead atoms. The van der Waals surface area contributed by atoms with Crippen LogP contribution in [-0.2, 0) is 4.79 Å². The fourth-order valence-corrected chi connectivity index (χ4v) is 4.29. The van der Waals surface area contributed by atoms with Crippen molar-refractivity contribution < 1.29 is 9.53 Å². The maximum atomic E-state index is 12.4. The molecule has 0 radical (unpaired) electrons. The minimum absolute atomic E-state index is 0.0663. The molecule has 0 aromatic heterocycles. The number of nitrogens with zero attached hydrogens (tertiary/aromatic N) is 1. The molecule has 1 aliphatic heterocycles. The highest BCUT2D eigenvalue weighted by Crippen LogP contribution is 2.43. The molecule has 2 aromatic rings. The fraction of sp³-hybridized carbons (Fsp3) is 0.167. The van der Waals surface area contributed by atoms with Crippen molar-refractivity contribution in [3.8, 4) is 5.75 Å². The molecule has 0 spiro atoms. The summed E-state index contributed by atoms with van der Waals surface area (Å²) in [5.41, 5.74) is 1.89. The number of anilines is 1. The Bertz CT molecular complexity index is 766. The van der Waals surface area contributed by atoms with Gasteiger partial charge in [0, 0.05) is 10.7 Å². The lowest BCUT2D eigenvalue weighted by molar-refractivity contribution is -0.115. The third kappa shape index (κ3) is 3.63. The number of carbonyl (C=O) groups is 1. The molecule has 1 saturated heterocycles. The number of carbonyl (C=O) groups excluding carboxylic acids is 1. The maximum Gasteiger partial charge on any atom is 0.238 e. The molecular weight excluding hydrogens is 410 g/mol. The van der Waals surface area contributed by atoms with Gasteiger partial charge in [0.15, 0.2) is 0 Å². The fourth-order valence-electron chi connectivity index (χ4n) is 2.49. The van der Waals surface area contributed by atoms with Crippen molar-refractivity contribution in [2.75, 3.05) is 17.3 Å². The highest BCUT2D eigenvalue weighted by atomic mass is 79.9. The van der Waals surface area contributed by atoms with Crippen molar-refractivity contribution in [2.24, 2.45) is 0 Å². The van der Waals surface area contributed by atoms with Crippen molar-refractivity contribution in [3.63, 3.8) is 0 Å². The molecule has 0 aliphatic carbocycles. The van der Waals surface area contributed by atoms with Gasteiger partial charge in [0.2, 0.25) is 5.91 Å². The Labute approximate surface area is 158 Å². The summed E-state index contributed by atoms with van der Waals surface area (Å²) in [5.74, 6) is 1.31. The van der Waals surface area contributed by atoms with Crippen molar-refractivity contribution in [1.29, 1.82) is 0 Å². The van der Waals surface area contributed by atoms with E-state index in [0.717, 1.165) is 21.5 Å². The van der Waals surface area contributed by atoms with Crippen molar-refractivity contribution >= 4 is 50.9 Å². The summed E-state index contributed by atoms with van der Waals surface area (Å²) in [6, 6.07) is 13.2. The van der Waals surface area contributed by atoms with E-state index in [1.807, 2.05) is 35.2 Å². The first kappa shape index (κ1) is 17.4. The van der Waals surface area contributed by atoms with E-state index in [0.29, 0.717) is 17.4 Å². The molecule has 1 amide bonds. The Balaban J connectivity index is 1.89. The number of thioether (sulfide) groups is 1. The maximum absolute atomic E-state index is 12.4. The van der Waals surface area contributed by atoms with Gasteiger partial charge in [0.05, 0.1) is 10.2 Å². The Morgan fingerprint density at radius 1 is 1.33 bits per heavy atom. The minimum Gasteiger partial charge on any atom is -0.488 e. The molecule has 24 heavy (non-hydrogen) atoms. The summed E-state index contributed by atoms with van der Waals surface area (Å²) < 4.78 is 6.44. The lowest BCUT2D eigenvalue weighted by Gasteiger charge is -2.25. The van der Waals surface area contributed by atoms with Crippen LogP contribution in [0.15, 0.2) is 59.6 Å². The third-order valence-corrected chi connectivity index (χ3v) is 5.65. The van der Waals surface area contributed by atoms with Crippen LogP contribution in [0.25, 0.3) is 0 Å². The van der Waals surface area contributed by atoms with Gasteiger partial charge in [-0.15, -0.1) is 11.8 Å². The number of rotatable bonds is 5. The second-order valence-corrected chi connectivity index (χ2v) is 7.55. The van der Waals surface area contributed by atoms with Crippen LogP contribution in [0.2, 0.25) is 5.02 Å². The van der Waals surface area contributed by atoms with Gasteiger partial charge >= 0.3 is 0 Å². The molecule has 1 heterocycles. The Morgan fingerprint density at radius 3 is 2.75 bits per heavy atom. The SMILES string of the molecule is C=CCOc1ccc([C@@H]2SCC(=O)N2c2ccc(Cl)cc2)cc1Br. The van der Waals surface area contributed by atoms with Gasteiger partial charge in [0.1, 0.15) is 17.7 Å². The van der Waals surface area contributed by atoms with Crippen LogP contribution >= 0.6 is 39.3 Å². The van der Waals surface area contributed by atoms with Crippen LogP contribution < -0.4 is 9.64 Å². The van der Waals surface area contributed by atoms with Gasteiger partial charge in [-0.1, -0.05) is 30.3 Å². The molecule has 1 aliphatic rings. The van der Waals surface area contributed by atoms with Crippen LogP contribution in [-0.4, -0.2) is 18.3 Å². The summed E-state index contributed by atoms with van der Waals surface area (Å²) >= 11 is 11.1. The van der Waals surface area contributed by atoms with E-state index in [4.69, 9.17) is 16.3 Å². The molecule has 3 rings (SSSR count). The first-order valence-corrected chi connectivity index (χ1v) is 9.54. The summed E-state index contributed by atoms with van der Waals surface area (Å²) in [6.45, 7) is 4.10. The topological polar surface area (TPSA) is 29.5 Å². The molecule has 1 fully saturated rings. The number of hydrogen-bond donors (Lipinski definition) is 0. The highest BCUT2D eigenvalue weighted by molar-refractivity contribution is 9.10. The van der Waals surface area contributed by atoms with Crippen LogP contribution in [0, 0.1) is 0 Å². The standard InChI is InChI=1S/C18H15BrClNO2S/c1-2-9-23-16-8-3-12(10-15(16)19)18-21(17(22)11-24-18)14-6-4-13(20)5-7-14/h2-8,10,18H,1,9,11H2/t18-/m0/s1. The second-order valence-electron chi connectivity index (χ2n) is 5.19. The first-order chi connectivity index (χ1) is 11.6. The van der Waals surface area contributed by atoms with Crippen molar-refractivity contribution in [1.82, 2.24) is 0 Å². The molecule has 0 N–H and O–H groups in total. The smallest absolute Gasteiger partial charge is 0.238 e. The van der Waals surface area contributed by atoms with E-state index in [2.05, 4.69) is 22.5 Å². The zero-order chi connectivity index (χ0) is 17.1. The Morgan fingerprint density at radius 2 is 2.08 bits per heavy atom. The average molecular weight is 425 g/mol. The number of hydrogen-bond acceptors (Lipinski definition) is 3. The summed E-state index contributed by atoms with van der Waals surface area (Å²) in [4.78, 5) is 14.2. The van der Waals surface area contributed by atoms with Crippen molar-refractivity contribution in [2.45, 2.75) is 5.37 Å². The predicted molar refractivity (Wildman–Crippen MR) is 104 cm³/mol. The van der Waals surface area contributed by atoms with E-state index < -0.39 is 0 Å². The number of ether oxygens (including phenoxy) is 1. The zero-order valence-corrected chi connectivity index (χ0v) is 15.9. The number of amides is 1. The second kappa shape index (κ2) is 7.64. The van der Waals surface area contributed by atoms with E-state index >= 15 is 0 Å². The van der Waals surface area contributed by atoms with E-state index in [9.17, 15) is 4.79 Å². The lowest BCUT2D eigenvalue weighted by atomic mass is 10.2. The van der Waals surface area contributed by atoms with Gasteiger partial charge in [-0.05, 0) is 57.9 Å². The monoisotopic (exact) mass is 423 g/mol. The van der Waals surface area contributed by atoms with E-state index in [-0.39, 0.29) is 11.3 Å². The first-order valence-electron chi connectivity index (χ1n) is 7.32. The third-order valence-electron chi connectivity index (χ3n) is 3.57. The molecule has 2 aromatic carbocycles. The summed E-state index contributed by atoms with van der Waals surface area (Å²) in [7, 11) is 0. The number of halogens is 2. The van der Waals surface area contributed by atoms with Gasteiger partial charge in [-0.25, -0.2) is 0 Å². The number of benzene rings is 2. The summed E-state index contributed by atoms with van der Waals surface area (Å²) in [5, 5.41) is 0.587. The van der Waals surface area contributed by atoms with Gasteiger partial charge in [-0.3, -0.25) is 9.69 Å². The van der Waals surface area contributed by atoms with Crippen molar-refractivity contribution in [3.05, 3.63) is 70.2 Å². The highest BCUT2D eigenvalue weighted by Gasteiger charge is 2.34. The largest absolute Gasteiger partial charge is 0.488 e. The summed E-state index contributed by atoms with van der Waals surface area (Å²) in [6.07, 6.45) is 1.70. The van der Waals surface area contributed by atoms with Crippen LogP contribution in [0.4, 0.5) is 5.69 Å². The molecule has 3 nitrogen and oxygen atoms in total. The zero-order valence-electron chi connectivity index (χ0n) is 12.7. The van der Waals surface area contributed by atoms with Crippen LogP contribution in [0.1, 0.15) is 10.9 Å². The average Bonchev–Trinajstić information content (AvgIpc) is 2.96. The van der Waals surface area contributed by atoms with Gasteiger partial charge in [0.25, 0.3) is 0 Å². The van der Waals surface area contributed by atoms with Crippen LogP contribution in [0.5, 0.6) is 5.75 Å². The molecule has 124 valence electrons. The minimum atomic E-state index is -0.0663. The Kier molecular flexibility index (Phi) is 5.54. The molecule has 6 heteroatoms. The van der Waals surface area contributed by atoms with Crippen LogP contribution in [0.3, 0.4) is 0 Å². The quantitative estimate of drug-likeness (QED) is 0.598. The van der Waals surface area contributed by atoms with E-state index in [1.165, 1.54) is 0 Å². The van der Waals surface area contributed by atoms with Gasteiger partial charge in [-0.2, -0.15) is 0 Å². The normalized spacial score (nSPS) is 17.2. The van der Waals surface area contributed by atoms with Gasteiger partial charge < -0.3 is 4.74 Å². The predicted octanol–water partition coefficient (Wildman–Crippen LogP) is 5.45.